The molecule has 0 aromatic heterocycles. The summed E-state index contributed by atoms with van der Waals surface area (Å²) in [5.74, 6) is 0.271. The lowest BCUT2D eigenvalue weighted by molar-refractivity contribution is -0.118. The summed E-state index contributed by atoms with van der Waals surface area (Å²) < 4.78 is 32.2. The van der Waals surface area contributed by atoms with Crippen molar-refractivity contribution in [2.24, 2.45) is 0 Å². The van der Waals surface area contributed by atoms with E-state index in [2.05, 4.69) is 17.1 Å². The van der Waals surface area contributed by atoms with E-state index in [1.54, 1.807) is 19.9 Å². The Kier molecular flexibility index (Phi) is 7.64. The molecule has 1 aromatic rings. The van der Waals surface area contributed by atoms with E-state index in [1.165, 1.54) is 30.0 Å². The van der Waals surface area contributed by atoms with Crippen molar-refractivity contribution in [2.75, 3.05) is 38.6 Å². The predicted octanol–water partition coefficient (Wildman–Crippen LogP) is 2.54. The molecule has 1 N–H and O–H groups in total. The molecule has 1 aromatic carbocycles. The van der Waals surface area contributed by atoms with Gasteiger partial charge in [0.1, 0.15) is 5.75 Å². The standard InChI is InChI=1S/C19H31N3O4S/c1-5-22(6-2)27(24,25)16-10-11-18(26-4)17(13-16)20-19(23)14-21-12-8-7-9-15(21)3/h10-11,13,15H,5-9,12,14H2,1-4H3,(H,20,23)/t15-/m0/s1. The second-order valence-corrected chi connectivity index (χ2v) is 8.75. The Morgan fingerprint density at radius 1 is 1.30 bits per heavy atom. The van der Waals surface area contributed by atoms with Crippen molar-refractivity contribution in [2.45, 2.75) is 51.0 Å². The van der Waals surface area contributed by atoms with Crippen molar-refractivity contribution in [1.82, 2.24) is 9.21 Å². The first kappa shape index (κ1) is 21.7. The van der Waals surface area contributed by atoms with Crippen LogP contribution in [-0.4, -0.2) is 62.9 Å². The third kappa shape index (κ3) is 5.21. The van der Waals surface area contributed by atoms with Gasteiger partial charge in [0.2, 0.25) is 15.9 Å². The summed E-state index contributed by atoms with van der Waals surface area (Å²) in [7, 11) is -2.11. The van der Waals surface area contributed by atoms with Crippen LogP contribution in [0.25, 0.3) is 0 Å². The third-order valence-corrected chi connectivity index (χ3v) is 7.12. The van der Waals surface area contributed by atoms with Crippen molar-refractivity contribution in [1.29, 1.82) is 0 Å². The number of nitrogens with zero attached hydrogens (tertiary/aromatic N) is 2. The van der Waals surface area contributed by atoms with E-state index in [1.807, 2.05) is 0 Å². The summed E-state index contributed by atoms with van der Waals surface area (Å²) in [5.41, 5.74) is 0.375. The molecule has 0 radical (unpaired) electrons. The Morgan fingerprint density at radius 2 is 2.00 bits per heavy atom. The van der Waals surface area contributed by atoms with Crippen LogP contribution in [0.15, 0.2) is 23.1 Å². The number of piperidine rings is 1. The lowest BCUT2D eigenvalue weighted by atomic mass is 10.0. The van der Waals surface area contributed by atoms with Crippen LogP contribution in [0.1, 0.15) is 40.0 Å². The van der Waals surface area contributed by atoms with Gasteiger partial charge in [-0.2, -0.15) is 4.31 Å². The Bertz CT molecular complexity index is 747. The molecule has 1 fully saturated rings. The van der Waals surface area contributed by atoms with Crippen LogP contribution >= 0.6 is 0 Å². The number of hydrogen-bond acceptors (Lipinski definition) is 5. The smallest absolute Gasteiger partial charge is 0.243 e. The first-order valence-electron chi connectivity index (χ1n) is 9.55. The van der Waals surface area contributed by atoms with Crippen molar-refractivity contribution < 1.29 is 17.9 Å². The highest BCUT2D eigenvalue weighted by atomic mass is 32.2. The van der Waals surface area contributed by atoms with Gasteiger partial charge in [-0.3, -0.25) is 9.69 Å². The van der Waals surface area contributed by atoms with E-state index in [-0.39, 0.29) is 17.3 Å². The largest absolute Gasteiger partial charge is 0.495 e. The Balaban J connectivity index is 2.21. The van der Waals surface area contributed by atoms with Crippen LogP contribution < -0.4 is 10.1 Å². The highest BCUT2D eigenvalue weighted by Gasteiger charge is 2.24. The molecule has 1 atom stereocenters. The van der Waals surface area contributed by atoms with E-state index in [0.29, 0.717) is 30.6 Å². The number of nitrogens with one attached hydrogen (secondary N) is 1. The van der Waals surface area contributed by atoms with Gasteiger partial charge in [-0.25, -0.2) is 8.42 Å². The van der Waals surface area contributed by atoms with Crippen molar-refractivity contribution in [3.05, 3.63) is 18.2 Å². The molecule has 0 saturated carbocycles. The molecule has 0 spiro atoms. The minimum Gasteiger partial charge on any atom is -0.495 e. The average molecular weight is 398 g/mol. The zero-order chi connectivity index (χ0) is 20.0. The number of rotatable bonds is 8. The fraction of sp³-hybridized carbons (Fsp3) is 0.632. The average Bonchev–Trinajstić information content (AvgIpc) is 2.64. The molecule has 0 unspecified atom stereocenters. The molecule has 0 bridgehead atoms. The minimum absolute atomic E-state index is 0.147. The van der Waals surface area contributed by atoms with Gasteiger partial charge in [-0.05, 0) is 44.5 Å². The van der Waals surface area contributed by atoms with Gasteiger partial charge in [-0.15, -0.1) is 0 Å². The molecule has 1 aliphatic rings. The number of anilines is 1. The van der Waals surface area contributed by atoms with E-state index < -0.39 is 10.0 Å². The van der Waals surface area contributed by atoms with Crippen LogP contribution in [0.3, 0.4) is 0 Å². The molecule has 7 nitrogen and oxygen atoms in total. The SMILES string of the molecule is CCN(CC)S(=O)(=O)c1ccc(OC)c(NC(=O)CN2CCCC[C@@H]2C)c1. The van der Waals surface area contributed by atoms with Crippen LogP contribution in [-0.2, 0) is 14.8 Å². The fourth-order valence-electron chi connectivity index (χ4n) is 3.42. The van der Waals surface area contributed by atoms with Crippen molar-refractivity contribution in [3.63, 3.8) is 0 Å². The quantitative estimate of drug-likeness (QED) is 0.729. The molecule has 1 heterocycles. The summed E-state index contributed by atoms with van der Waals surface area (Å²) in [5, 5.41) is 2.83. The zero-order valence-electron chi connectivity index (χ0n) is 16.7. The lowest BCUT2D eigenvalue weighted by Crippen LogP contribution is -2.42. The van der Waals surface area contributed by atoms with Crippen LogP contribution in [0.4, 0.5) is 5.69 Å². The third-order valence-electron chi connectivity index (χ3n) is 5.08. The van der Waals surface area contributed by atoms with Crippen LogP contribution in [0, 0.1) is 0 Å². The zero-order valence-corrected chi connectivity index (χ0v) is 17.5. The molecule has 1 saturated heterocycles. The maximum atomic E-state index is 12.8. The molecule has 152 valence electrons. The second kappa shape index (κ2) is 9.52. The summed E-state index contributed by atoms with van der Waals surface area (Å²) in [6.45, 7) is 7.70. The first-order chi connectivity index (χ1) is 12.8. The number of carbonyl (C=O) groups excluding carboxylic acids is 1. The Labute approximate surface area is 162 Å². The topological polar surface area (TPSA) is 79.0 Å². The number of ether oxygens (including phenoxy) is 1. The van der Waals surface area contributed by atoms with Crippen LogP contribution in [0.2, 0.25) is 0 Å². The molecular formula is C19H31N3O4S. The summed E-state index contributed by atoms with van der Waals surface area (Å²) in [6.07, 6.45) is 3.38. The van der Waals surface area contributed by atoms with Gasteiger partial charge in [0.05, 0.1) is 24.2 Å². The molecule has 1 amide bonds. The number of benzene rings is 1. The van der Waals surface area contributed by atoms with Crippen molar-refractivity contribution in [3.8, 4) is 5.75 Å². The number of amides is 1. The van der Waals surface area contributed by atoms with E-state index in [4.69, 9.17) is 4.74 Å². The van der Waals surface area contributed by atoms with Gasteiger partial charge in [0.25, 0.3) is 0 Å². The number of likely N-dealkylation sites (tertiary alicyclic amines) is 1. The summed E-state index contributed by atoms with van der Waals surface area (Å²) >= 11 is 0. The first-order valence-corrected chi connectivity index (χ1v) is 11.0. The Morgan fingerprint density at radius 3 is 2.59 bits per heavy atom. The fourth-order valence-corrected chi connectivity index (χ4v) is 4.91. The van der Waals surface area contributed by atoms with Gasteiger partial charge in [-0.1, -0.05) is 20.3 Å². The molecule has 2 rings (SSSR count). The Hall–Kier alpha value is -1.64. The number of carbonyl (C=O) groups is 1. The number of hydrogen-bond donors (Lipinski definition) is 1. The minimum atomic E-state index is -3.60. The molecule has 0 aliphatic carbocycles. The highest BCUT2D eigenvalue weighted by Crippen LogP contribution is 2.29. The van der Waals surface area contributed by atoms with Gasteiger partial charge in [0, 0.05) is 19.1 Å². The second-order valence-electron chi connectivity index (χ2n) is 6.81. The summed E-state index contributed by atoms with van der Waals surface area (Å²) in [6, 6.07) is 4.94. The molecule has 27 heavy (non-hydrogen) atoms. The normalized spacial score (nSPS) is 18.5. The van der Waals surface area contributed by atoms with E-state index in [9.17, 15) is 13.2 Å². The van der Waals surface area contributed by atoms with Gasteiger partial charge in [0.15, 0.2) is 0 Å². The molecular weight excluding hydrogens is 366 g/mol. The van der Waals surface area contributed by atoms with Crippen LogP contribution in [0.5, 0.6) is 5.75 Å². The maximum absolute atomic E-state index is 12.8. The highest BCUT2D eigenvalue weighted by molar-refractivity contribution is 7.89. The van der Waals surface area contributed by atoms with Crippen molar-refractivity contribution >= 4 is 21.6 Å². The van der Waals surface area contributed by atoms with Gasteiger partial charge < -0.3 is 10.1 Å². The number of methoxy groups -OCH3 is 1. The lowest BCUT2D eigenvalue weighted by Gasteiger charge is -2.32. The van der Waals surface area contributed by atoms with E-state index >= 15 is 0 Å². The maximum Gasteiger partial charge on any atom is 0.243 e. The molecule has 8 heteroatoms. The van der Waals surface area contributed by atoms with E-state index in [0.717, 1.165) is 19.4 Å². The summed E-state index contributed by atoms with van der Waals surface area (Å²) in [4.78, 5) is 14.8. The molecule has 1 aliphatic heterocycles. The van der Waals surface area contributed by atoms with Gasteiger partial charge >= 0.3 is 0 Å². The number of sulfonamides is 1. The predicted molar refractivity (Wildman–Crippen MR) is 107 cm³/mol. The monoisotopic (exact) mass is 397 g/mol.